The molecular weight excluding hydrogens is 260 g/mol. The average Bonchev–Trinajstić information content (AvgIpc) is 2.75. The number of aryl methyl sites for hydroxylation is 1. The van der Waals surface area contributed by atoms with E-state index in [0.29, 0.717) is 23.4 Å². The van der Waals surface area contributed by atoms with Crippen LogP contribution in [0.4, 0.5) is 0 Å². The Bertz CT molecular complexity index is 548. The van der Waals surface area contributed by atoms with Crippen LogP contribution in [0.5, 0.6) is 5.75 Å². The number of rotatable bonds is 3. The van der Waals surface area contributed by atoms with Gasteiger partial charge in [0.25, 0.3) is 0 Å². The molecule has 1 fully saturated rings. The van der Waals surface area contributed by atoms with Crippen LogP contribution in [-0.4, -0.2) is 10.9 Å². The molecule has 0 saturated heterocycles. The number of Topliss-reactive ketones (excluding diaryl/α,β-unsaturated/α-hetero) is 1. The van der Waals surface area contributed by atoms with E-state index in [1.54, 1.807) is 6.07 Å². The highest BCUT2D eigenvalue weighted by Gasteiger charge is 2.48. The molecule has 0 amide bonds. The summed E-state index contributed by atoms with van der Waals surface area (Å²) in [5.74, 6) is 2.04. The number of phenolic OH excluding ortho intramolecular Hbond substituents is 1. The van der Waals surface area contributed by atoms with Gasteiger partial charge in [-0.2, -0.15) is 0 Å². The highest BCUT2D eigenvalue weighted by molar-refractivity contribution is 5.87. The zero-order valence-corrected chi connectivity index (χ0v) is 13.2. The first-order chi connectivity index (χ1) is 10.0. The van der Waals surface area contributed by atoms with Gasteiger partial charge in [0.05, 0.1) is 0 Å². The minimum atomic E-state index is -0.0894. The van der Waals surface area contributed by atoms with E-state index < -0.39 is 0 Å². The number of phenols is 1. The van der Waals surface area contributed by atoms with Crippen LogP contribution in [-0.2, 0) is 17.6 Å². The molecule has 1 saturated carbocycles. The lowest BCUT2D eigenvalue weighted by Crippen LogP contribution is -2.35. The smallest absolute Gasteiger partial charge is 0.139 e. The second-order valence-electron chi connectivity index (χ2n) is 7.19. The molecule has 2 aliphatic rings. The molecule has 3 unspecified atom stereocenters. The maximum atomic E-state index is 12.4. The van der Waals surface area contributed by atoms with Crippen molar-refractivity contribution in [3.8, 4) is 5.75 Å². The predicted octanol–water partition coefficient (Wildman–Crippen LogP) is 4.28. The van der Waals surface area contributed by atoms with Crippen LogP contribution in [0.15, 0.2) is 18.2 Å². The van der Waals surface area contributed by atoms with Gasteiger partial charge in [0, 0.05) is 11.8 Å². The van der Waals surface area contributed by atoms with E-state index in [-0.39, 0.29) is 5.41 Å². The lowest BCUT2D eigenvalue weighted by Gasteiger charge is -2.38. The predicted molar refractivity (Wildman–Crippen MR) is 84.4 cm³/mol. The van der Waals surface area contributed by atoms with Gasteiger partial charge in [-0.15, -0.1) is 0 Å². The van der Waals surface area contributed by atoms with Crippen molar-refractivity contribution in [3.05, 3.63) is 29.3 Å². The van der Waals surface area contributed by atoms with Gasteiger partial charge in [0.15, 0.2) is 0 Å². The second kappa shape index (κ2) is 5.47. The van der Waals surface area contributed by atoms with Crippen molar-refractivity contribution in [2.24, 2.45) is 17.3 Å². The molecule has 2 aliphatic carbocycles. The molecule has 1 aromatic rings. The lowest BCUT2D eigenvalue weighted by atomic mass is 9.65. The van der Waals surface area contributed by atoms with Crippen LogP contribution < -0.4 is 0 Å². The standard InChI is InChI=1S/C19H26O2/c1-3-10-19(2)17(8-9-18(19)21)15-5-4-14-12-16(20)7-6-13(14)11-15/h6-7,12,15,17,20H,3-5,8-11H2,1-2H3. The van der Waals surface area contributed by atoms with Gasteiger partial charge in [-0.25, -0.2) is 0 Å². The van der Waals surface area contributed by atoms with Gasteiger partial charge < -0.3 is 5.11 Å². The van der Waals surface area contributed by atoms with Crippen molar-refractivity contribution in [2.45, 2.75) is 58.8 Å². The maximum Gasteiger partial charge on any atom is 0.139 e. The molecule has 3 atom stereocenters. The minimum Gasteiger partial charge on any atom is -0.508 e. The molecule has 0 bridgehead atoms. The Balaban J connectivity index is 1.82. The van der Waals surface area contributed by atoms with Crippen molar-refractivity contribution < 1.29 is 9.90 Å². The third-order valence-electron chi connectivity index (χ3n) is 5.93. The summed E-state index contributed by atoms with van der Waals surface area (Å²) in [6.45, 7) is 4.40. The van der Waals surface area contributed by atoms with E-state index in [1.165, 1.54) is 11.1 Å². The molecule has 114 valence electrons. The number of carbonyl (C=O) groups is 1. The van der Waals surface area contributed by atoms with Crippen molar-refractivity contribution in [1.82, 2.24) is 0 Å². The molecule has 0 radical (unpaired) electrons. The topological polar surface area (TPSA) is 37.3 Å². The first-order valence-electron chi connectivity index (χ1n) is 8.38. The molecule has 3 rings (SSSR count). The van der Waals surface area contributed by atoms with E-state index in [0.717, 1.165) is 44.9 Å². The summed E-state index contributed by atoms with van der Waals surface area (Å²) in [7, 11) is 0. The molecule has 2 nitrogen and oxygen atoms in total. The van der Waals surface area contributed by atoms with Crippen LogP contribution >= 0.6 is 0 Å². The largest absolute Gasteiger partial charge is 0.508 e. The fourth-order valence-corrected chi connectivity index (χ4v) is 4.81. The quantitative estimate of drug-likeness (QED) is 0.900. The summed E-state index contributed by atoms with van der Waals surface area (Å²) in [6, 6.07) is 5.79. The Kier molecular flexibility index (Phi) is 3.81. The average molecular weight is 286 g/mol. The summed E-state index contributed by atoms with van der Waals surface area (Å²) >= 11 is 0. The van der Waals surface area contributed by atoms with Gasteiger partial charge >= 0.3 is 0 Å². The van der Waals surface area contributed by atoms with Crippen LogP contribution in [0.1, 0.15) is 57.1 Å². The molecule has 0 aliphatic heterocycles. The molecule has 1 N–H and O–H groups in total. The molecule has 0 aromatic heterocycles. The van der Waals surface area contributed by atoms with Crippen molar-refractivity contribution in [2.75, 3.05) is 0 Å². The Morgan fingerprint density at radius 3 is 2.81 bits per heavy atom. The van der Waals surface area contributed by atoms with Crippen LogP contribution in [0.2, 0.25) is 0 Å². The van der Waals surface area contributed by atoms with E-state index in [1.807, 2.05) is 6.07 Å². The molecule has 21 heavy (non-hydrogen) atoms. The highest BCUT2D eigenvalue weighted by Crippen LogP contribution is 2.50. The first kappa shape index (κ1) is 14.6. The van der Waals surface area contributed by atoms with E-state index in [2.05, 4.69) is 19.9 Å². The number of fused-ring (bicyclic) bond motifs is 1. The molecule has 1 aromatic carbocycles. The molecule has 0 heterocycles. The van der Waals surface area contributed by atoms with Crippen LogP contribution in [0.3, 0.4) is 0 Å². The first-order valence-corrected chi connectivity index (χ1v) is 8.38. The molecule has 2 heteroatoms. The van der Waals surface area contributed by atoms with Gasteiger partial charge in [-0.1, -0.05) is 26.3 Å². The zero-order chi connectivity index (χ0) is 15.0. The van der Waals surface area contributed by atoms with Gasteiger partial charge in [-0.05, 0) is 67.2 Å². The van der Waals surface area contributed by atoms with E-state index >= 15 is 0 Å². The fraction of sp³-hybridized carbons (Fsp3) is 0.632. The Morgan fingerprint density at radius 2 is 2.05 bits per heavy atom. The molecule has 0 spiro atoms. The Labute approximate surface area is 127 Å². The number of ketones is 1. The number of carbonyl (C=O) groups excluding carboxylic acids is 1. The fourth-order valence-electron chi connectivity index (χ4n) is 4.81. The summed E-state index contributed by atoms with van der Waals surface area (Å²) in [5, 5.41) is 9.61. The monoisotopic (exact) mass is 286 g/mol. The summed E-state index contributed by atoms with van der Waals surface area (Å²) < 4.78 is 0. The van der Waals surface area contributed by atoms with E-state index in [4.69, 9.17) is 0 Å². The Hall–Kier alpha value is -1.31. The van der Waals surface area contributed by atoms with Crippen molar-refractivity contribution in [1.29, 1.82) is 0 Å². The second-order valence-corrected chi connectivity index (χ2v) is 7.19. The Morgan fingerprint density at radius 1 is 1.24 bits per heavy atom. The van der Waals surface area contributed by atoms with E-state index in [9.17, 15) is 9.90 Å². The highest BCUT2D eigenvalue weighted by atomic mass is 16.3. The summed E-state index contributed by atoms with van der Waals surface area (Å²) in [4.78, 5) is 12.4. The number of hydrogen-bond donors (Lipinski definition) is 1. The van der Waals surface area contributed by atoms with Crippen LogP contribution in [0.25, 0.3) is 0 Å². The molecular formula is C19H26O2. The summed E-state index contributed by atoms with van der Waals surface area (Å²) in [5.41, 5.74) is 2.59. The van der Waals surface area contributed by atoms with Gasteiger partial charge in [0.1, 0.15) is 11.5 Å². The third kappa shape index (κ3) is 2.49. The van der Waals surface area contributed by atoms with Gasteiger partial charge in [-0.3, -0.25) is 4.79 Å². The van der Waals surface area contributed by atoms with Crippen molar-refractivity contribution >= 4 is 5.78 Å². The number of hydrogen-bond acceptors (Lipinski definition) is 2. The third-order valence-corrected chi connectivity index (χ3v) is 5.93. The SMILES string of the molecule is CCCC1(C)C(=O)CCC1C1CCc2cc(O)ccc2C1. The van der Waals surface area contributed by atoms with Gasteiger partial charge in [0.2, 0.25) is 0 Å². The lowest BCUT2D eigenvalue weighted by molar-refractivity contribution is -0.127. The van der Waals surface area contributed by atoms with Crippen LogP contribution in [0, 0.1) is 17.3 Å². The summed E-state index contributed by atoms with van der Waals surface area (Å²) in [6.07, 6.45) is 7.26. The zero-order valence-electron chi connectivity index (χ0n) is 13.2. The number of benzene rings is 1. The van der Waals surface area contributed by atoms with Crippen molar-refractivity contribution in [3.63, 3.8) is 0 Å². The maximum absolute atomic E-state index is 12.4. The number of aromatic hydroxyl groups is 1. The minimum absolute atomic E-state index is 0.0894. The normalized spacial score (nSPS) is 32.2.